The van der Waals surface area contributed by atoms with Gasteiger partial charge >= 0.3 is 50.3 Å². The molecule has 0 saturated heterocycles. The van der Waals surface area contributed by atoms with Gasteiger partial charge in [0.15, 0.2) is 0 Å². The summed E-state index contributed by atoms with van der Waals surface area (Å²) in [4.78, 5) is 0. The Morgan fingerprint density at radius 1 is 1.71 bits per heavy atom. The van der Waals surface area contributed by atoms with Crippen LogP contribution in [-0.4, -0.2) is 16.5 Å². The molecule has 1 aromatic heterocycles. The van der Waals surface area contributed by atoms with E-state index in [1.807, 2.05) is 12.1 Å². The first-order chi connectivity index (χ1) is 3.43. The van der Waals surface area contributed by atoms with E-state index < -0.39 is 0 Å². The number of rotatable bonds is 1. The third kappa shape index (κ3) is 1.09. The molecule has 0 fully saturated rings. The van der Waals surface area contributed by atoms with Gasteiger partial charge in [0.25, 0.3) is 0 Å². The van der Waals surface area contributed by atoms with Crippen molar-refractivity contribution in [2.45, 2.75) is 5.25 Å². The van der Waals surface area contributed by atoms with Gasteiger partial charge in [-0.25, -0.2) is 0 Å². The maximum atomic E-state index is 4.98. The molecule has 1 heterocycles. The van der Waals surface area contributed by atoms with Gasteiger partial charge in [0.05, 0.1) is 0 Å². The molecule has 1 aromatic rings. The van der Waals surface area contributed by atoms with Gasteiger partial charge in [-0.05, 0) is 0 Å². The van der Waals surface area contributed by atoms with Crippen molar-refractivity contribution >= 4 is 16.5 Å². The van der Waals surface area contributed by atoms with Crippen LogP contribution in [0.3, 0.4) is 0 Å². The molecule has 0 aromatic carbocycles. The van der Waals surface area contributed by atoms with Crippen LogP contribution in [0.5, 0.6) is 0 Å². The second kappa shape index (κ2) is 2.21. The monoisotopic (exact) mass is 155 g/mol. The first-order valence-corrected chi connectivity index (χ1v) is 3.59. The van der Waals surface area contributed by atoms with Gasteiger partial charge in [-0.3, -0.25) is 0 Å². The van der Waals surface area contributed by atoms with Crippen molar-refractivity contribution in [2.75, 3.05) is 0 Å². The Hall–Kier alpha value is -0.177. The summed E-state index contributed by atoms with van der Waals surface area (Å²) in [5, 5.41) is 0.993. The summed E-state index contributed by atoms with van der Waals surface area (Å²) in [6, 6.07) is 3.87. The molecular formula is C5H5GeO. The van der Waals surface area contributed by atoms with Gasteiger partial charge < -0.3 is 0 Å². The van der Waals surface area contributed by atoms with Crippen LogP contribution in [0.2, 0.25) is 0 Å². The van der Waals surface area contributed by atoms with E-state index in [0.717, 1.165) is 11.0 Å². The molecule has 0 amide bonds. The molecule has 0 spiro atoms. The van der Waals surface area contributed by atoms with Crippen LogP contribution in [0.15, 0.2) is 22.8 Å². The SMILES string of the molecule is [Ge][CH2]c1ccco1. The summed E-state index contributed by atoms with van der Waals surface area (Å²) in [5.74, 6) is 1.06. The number of hydrogen-bond acceptors (Lipinski definition) is 1. The molecule has 0 saturated carbocycles. The van der Waals surface area contributed by atoms with Crippen LogP contribution in [0, 0.1) is 0 Å². The van der Waals surface area contributed by atoms with E-state index in [4.69, 9.17) is 4.42 Å². The fraction of sp³-hybridized carbons (Fsp3) is 0.200. The second-order valence-corrected chi connectivity index (χ2v) is 2.00. The molecule has 0 atom stereocenters. The van der Waals surface area contributed by atoms with Crippen LogP contribution >= 0.6 is 0 Å². The first-order valence-electron chi connectivity index (χ1n) is 2.10. The Balaban J connectivity index is 2.76. The van der Waals surface area contributed by atoms with Crippen molar-refractivity contribution in [1.82, 2.24) is 0 Å². The average Bonchev–Trinajstić information content (AvgIpc) is 2.14. The van der Waals surface area contributed by atoms with E-state index in [-0.39, 0.29) is 0 Å². The van der Waals surface area contributed by atoms with E-state index in [0.29, 0.717) is 0 Å². The normalized spacial score (nSPS) is 9.29. The number of furan rings is 1. The predicted molar refractivity (Wildman–Crippen MR) is 28.2 cm³/mol. The summed E-state index contributed by atoms with van der Waals surface area (Å²) >= 11 is 2.07. The molecule has 7 heavy (non-hydrogen) atoms. The van der Waals surface area contributed by atoms with Crippen LogP contribution in [0.1, 0.15) is 5.76 Å². The second-order valence-electron chi connectivity index (χ2n) is 1.26. The molecule has 1 nitrogen and oxygen atoms in total. The van der Waals surface area contributed by atoms with Gasteiger partial charge in [-0.15, -0.1) is 0 Å². The van der Waals surface area contributed by atoms with Crippen molar-refractivity contribution in [3.05, 3.63) is 24.2 Å². The first kappa shape index (κ1) is 4.97. The molecule has 1 rings (SSSR count). The summed E-state index contributed by atoms with van der Waals surface area (Å²) in [6.07, 6.45) is 1.69. The van der Waals surface area contributed by atoms with Crippen LogP contribution in [0.25, 0.3) is 0 Å². The summed E-state index contributed by atoms with van der Waals surface area (Å²) in [7, 11) is 0. The Kier molecular flexibility index (Phi) is 1.57. The topological polar surface area (TPSA) is 13.1 Å². The summed E-state index contributed by atoms with van der Waals surface area (Å²) in [6.45, 7) is 0. The molecular weight excluding hydrogens is 149 g/mol. The van der Waals surface area contributed by atoms with Gasteiger partial charge in [-0.2, -0.15) is 0 Å². The molecule has 0 bridgehead atoms. The fourth-order valence-corrected chi connectivity index (χ4v) is 0.835. The van der Waals surface area contributed by atoms with Gasteiger partial charge in [0.1, 0.15) is 0 Å². The minimum atomic E-state index is 0.993. The third-order valence-corrected chi connectivity index (χ3v) is 1.49. The zero-order chi connectivity index (χ0) is 5.11. The zero-order valence-electron chi connectivity index (χ0n) is 3.85. The molecule has 35 valence electrons. The molecule has 0 aliphatic heterocycles. The summed E-state index contributed by atoms with van der Waals surface area (Å²) < 4.78 is 4.98. The van der Waals surface area contributed by atoms with Crippen LogP contribution in [-0.2, 0) is 5.25 Å². The molecule has 2 heteroatoms. The Labute approximate surface area is 50.9 Å². The maximum absolute atomic E-state index is 4.98. The molecule has 0 aliphatic rings. The molecule has 0 aliphatic carbocycles. The molecule has 0 N–H and O–H groups in total. The van der Waals surface area contributed by atoms with Crippen molar-refractivity contribution in [2.24, 2.45) is 0 Å². The van der Waals surface area contributed by atoms with Gasteiger partial charge in [-0.1, -0.05) is 0 Å². The Morgan fingerprint density at radius 2 is 2.57 bits per heavy atom. The average molecular weight is 154 g/mol. The van der Waals surface area contributed by atoms with Crippen LogP contribution < -0.4 is 0 Å². The quantitative estimate of drug-likeness (QED) is 0.548. The Bertz CT molecular complexity index is 123. The van der Waals surface area contributed by atoms with Gasteiger partial charge in [0, 0.05) is 0 Å². The van der Waals surface area contributed by atoms with Crippen LogP contribution in [0.4, 0.5) is 0 Å². The van der Waals surface area contributed by atoms with Crippen molar-refractivity contribution in [1.29, 1.82) is 0 Å². The van der Waals surface area contributed by atoms with Crippen molar-refractivity contribution in [3.63, 3.8) is 0 Å². The fourth-order valence-electron chi connectivity index (χ4n) is 0.413. The Morgan fingerprint density at radius 3 is 2.86 bits per heavy atom. The van der Waals surface area contributed by atoms with Crippen molar-refractivity contribution < 1.29 is 4.42 Å². The van der Waals surface area contributed by atoms with E-state index in [2.05, 4.69) is 16.5 Å². The van der Waals surface area contributed by atoms with E-state index in [1.165, 1.54) is 0 Å². The predicted octanol–water partition coefficient (Wildman–Crippen LogP) is 0.948. The minimum absolute atomic E-state index is 0.993. The van der Waals surface area contributed by atoms with E-state index >= 15 is 0 Å². The van der Waals surface area contributed by atoms with E-state index in [1.54, 1.807) is 6.26 Å². The van der Waals surface area contributed by atoms with E-state index in [9.17, 15) is 0 Å². The summed E-state index contributed by atoms with van der Waals surface area (Å²) in [5.41, 5.74) is 0. The molecule has 3 radical (unpaired) electrons. The third-order valence-electron chi connectivity index (χ3n) is 0.754. The van der Waals surface area contributed by atoms with Crippen molar-refractivity contribution in [3.8, 4) is 0 Å². The standard InChI is InChI=1S/C5H5GeO/c6-4-5-2-1-3-7-5/h1-3H,4H2. The number of hydrogen-bond donors (Lipinski definition) is 0. The zero-order valence-corrected chi connectivity index (χ0v) is 5.95. The van der Waals surface area contributed by atoms with Gasteiger partial charge in [0.2, 0.25) is 0 Å². The molecule has 0 unspecified atom stereocenters.